The molecule has 0 atom stereocenters. The van der Waals surface area contributed by atoms with Gasteiger partial charge in [-0.1, -0.05) is 22.9 Å². The zero-order valence-corrected chi connectivity index (χ0v) is 15.4. The Hall–Kier alpha value is -1.14. The lowest BCUT2D eigenvalue weighted by Gasteiger charge is -2.12. The van der Waals surface area contributed by atoms with Gasteiger partial charge in [0.05, 0.1) is 17.3 Å². The van der Waals surface area contributed by atoms with Crippen molar-refractivity contribution in [2.24, 2.45) is 0 Å². The van der Waals surface area contributed by atoms with E-state index in [0.717, 1.165) is 44.7 Å². The van der Waals surface area contributed by atoms with Crippen molar-refractivity contribution in [3.63, 3.8) is 0 Å². The largest absolute Gasteiger partial charge is 0.497 e. The maximum atomic E-state index is 5.28. The number of ether oxygens (including phenoxy) is 1. The van der Waals surface area contributed by atoms with E-state index in [9.17, 15) is 0 Å². The summed E-state index contributed by atoms with van der Waals surface area (Å²) >= 11 is 7.09. The molecule has 2 aromatic rings. The number of anilines is 1. The Kier molecular flexibility index (Phi) is 5.58. The van der Waals surface area contributed by atoms with Crippen molar-refractivity contribution in [2.45, 2.75) is 20.3 Å². The van der Waals surface area contributed by atoms with E-state index in [4.69, 9.17) is 4.74 Å². The van der Waals surface area contributed by atoms with E-state index in [-0.39, 0.29) is 0 Å². The van der Waals surface area contributed by atoms with Crippen molar-refractivity contribution >= 4 is 37.7 Å². The summed E-state index contributed by atoms with van der Waals surface area (Å²) in [4.78, 5) is 9.19. The molecule has 0 fully saturated rings. The first kappa shape index (κ1) is 16.2. The van der Waals surface area contributed by atoms with Gasteiger partial charge in [-0.15, -0.1) is 0 Å². The van der Waals surface area contributed by atoms with Crippen LogP contribution in [0.1, 0.15) is 19.0 Å². The van der Waals surface area contributed by atoms with Crippen molar-refractivity contribution in [2.75, 3.05) is 19.0 Å². The zero-order chi connectivity index (χ0) is 15.4. The first-order chi connectivity index (χ1) is 10.1. The minimum absolute atomic E-state index is 0.667. The molecule has 0 radical (unpaired) electrons. The standard InChI is InChI=1S/C15H17Br2N3O/c1-4-7-18-15-13(17)9(2)19-14(20-15)11-8-10(21-3)5-6-12(11)16/h5-6,8H,4,7H2,1-3H3,(H,18,19,20). The number of aryl methyl sites for hydroxylation is 1. The highest BCUT2D eigenvalue weighted by atomic mass is 79.9. The maximum absolute atomic E-state index is 5.28. The Morgan fingerprint density at radius 2 is 2.00 bits per heavy atom. The highest BCUT2D eigenvalue weighted by Gasteiger charge is 2.13. The number of methoxy groups -OCH3 is 1. The summed E-state index contributed by atoms with van der Waals surface area (Å²) in [7, 11) is 1.65. The fraction of sp³-hybridized carbons (Fsp3) is 0.333. The first-order valence-corrected chi connectivity index (χ1v) is 8.27. The molecular formula is C15H17Br2N3O. The smallest absolute Gasteiger partial charge is 0.163 e. The fourth-order valence-electron chi connectivity index (χ4n) is 1.84. The number of nitrogens with one attached hydrogen (secondary N) is 1. The third-order valence-corrected chi connectivity index (χ3v) is 4.61. The molecule has 21 heavy (non-hydrogen) atoms. The number of hydrogen-bond acceptors (Lipinski definition) is 4. The Labute approximate surface area is 141 Å². The molecule has 0 unspecified atom stereocenters. The fourth-order valence-corrected chi connectivity index (χ4v) is 2.58. The lowest BCUT2D eigenvalue weighted by molar-refractivity contribution is 0.415. The van der Waals surface area contributed by atoms with Crippen LogP contribution in [0.2, 0.25) is 0 Å². The van der Waals surface area contributed by atoms with Gasteiger partial charge < -0.3 is 10.1 Å². The van der Waals surface area contributed by atoms with Crippen LogP contribution in [0.25, 0.3) is 11.4 Å². The number of aromatic nitrogens is 2. The maximum Gasteiger partial charge on any atom is 0.163 e. The topological polar surface area (TPSA) is 47.0 Å². The molecule has 0 spiro atoms. The number of benzene rings is 1. The average Bonchev–Trinajstić information content (AvgIpc) is 2.49. The summed E-state index contributed by atoms with van der Waals surface area (Å²) in [6.07, 6.45) is 1.04. The van der Waals surface area contributed by atoms with E-state index in [0.29, 0.717) is 5.82 Å². The highest BCUT2D eigenvalue weighted by molar-refractivity contribution is 9.11. The van der Waals surface area contributed by atoms with Crippen LogP contribution in [0.15, 0.2) is 27.1 Å². The summed E-state index contributed by atoms with van der Waals surface area (Å²) in [5, 5.41) is 3.32. The molecule has 0 aliphatic heterocycles. The van der Waals surface area contributed by atoms with Crippen LogP contribution in [0, 0.1) is 6.92 Å². The van der Waals surface area contributed by atoms with Gasteiger partial charge in [0.15, 0.2) is 5.82 Å². The molecule has 1 N–H and O–H groups in total. The lowest BCUT2D eigenvalue weighted by atomic mass is 10.2. The van der Waals surface area contributed by atoms with Crippen molar-refractivity contribution in [1.82, 2.24) is 9.97 Å². The van der Waals surface area contributed by atoms with Crippen molar-refractivity contribution in [3.8, 4) is 17.1 Å². The van der Waals surface area contributed by atoms with Gasteiger partial charge in [0.2, 0.25) is 0 Å². The highest BCUT2D eigenvalue weighted by Crippen LogP contribution is 2.32. The molecule has 0 aliphatic carbocycles. The molecule has 1 heterocycles. The molecule has 0 saturated carbocycles. The van der Waals surface area contributed by atoms with Crippen LogP contribution in [0.4, 0.5) is 5.82 Å². The molecule has 0 aliphatic rings. The van der Waals surface area contributed by atoms with Gasteiger partial charge in [-0.2, -0.15) is 0 Å². The summed E-state index contributed by atoms with van der Waals surface area (Å²) in [6.45, 7) is 4.95. The third kappa shape index (κ3) is 3.74. The van der Waals surface area contributed by atoms with Gasteiger partial charge in [0.1, 0.15) is 11.6 Å². The summed E-state index contributed by atoms with van der Waals surface area (Å²) in [6, 6.07) is 5.76. The second kappa shape index (κ2) is 7.22. The molecule has 0 bridgehead atoms. The molecule has 0 amide bonds. The van der Waals surface area contributed by atoms with E-state index in [1.165, 1.54) is 0 Å². The van der Waals surface area contributed by atoms with Gasteiger partial charge in [0.25, 0.3) is 0 Å². The van der Waals surface area contributed by atoms with Crippen molar-refractivity contribution < 1.29 is 4.74 Å². The number of rotatable bonds is 5. The Morgan fingerprint density at radius 1 is 1.24 bits per heavy atom. The SMILES string of the molecule is CCCNc1nc(-c2cc(OC)ccc2Br)nc(C)c1Br. The number of halogens is 2. The van der Waals surface area contributed by atoms with Crippen molar-refractivity contribution in [3.05, 3.63) is 32.8 Å². The van der Waals surface area contributed by atoms with E-state index in [2.05, 4.69) is 54.1 Å². The van der Waals surface area contributed by atoms with Crippen molar-refractivity contribution in [1.29, 1.82) is 0 Å². The molecule has 6 heteroatoms. The lowest BCUT2D eigenvalue weighted by Crippen LogP contribution is -2.06. The molecule has 0 saturated heterocycles. The van der Waals surface area contributed by atoms with Crippen LogP contribution in [0.5, 0.6) is 5.75 Å². The van der Waals surface area contributed by atoms with E-state index >= 15 is 0 Å². The molecule has 4 nitrogen and oxygen atoms in total. The Bertz CT molecular complexity index is 647. The summed E-state index contributed by atoms with van der Waals surface area (Å²) in [5.74, 6) is 2.26. The Morgan fingerprint density at radius 3 is 2.67 bits per heavy atom. The molecule has 1 aromatic heterocycles. The van der Waals surface area contributed by atoms with Crippen LogP contribution in [-0.4, -0.2) is 23.6 Å². The summed E-state index contributed by atoms with van der Waals surface area (Å²) in [5.41, 5.74) is 1.80. The van der Waals surface area contributed by atoms with Gasteiger partial charge >= 0.3 is 0 Å². The number of hydrogen-bond donors (Lipinski definition) is 1. The van der Waals surface area contributed by atoms with Crippen LogP contribution in [0.3, 0.4) is 0 Å². The normalized spacial score (nSPS) is 10.5. The molecular weight excluding hydrogens is 398 g/mol. The molecule has 1 aromatic carbocycles. The van der Waals surface area contributed by atoms with E-state index < -0.39 is 0 Å². The van der Waals surface area contributed by atoms with Crippen LogP contribution in [-0.2, 0) is 0 Å². The Balaban J connectivity index is 2.51. The second-order valence-corrected chi connectivity index (χ2v) is 6.22. The third-order valence-electron chi connectivity index (χ3n) is 2.97. The van der Waals surface area contributed by atoms with Gasteiger partial charge in [-0.25, -0.2) is 9.97 Å². The monoisotopic (exact) mass is 413 g/mol. The summed E-state index contributed by atoms with van der Waals surface area (Å²) < 4.78 is 7.12. The van der Waals surface area contributed by atoms with E-state index in [1.807, 2.05) is 25.1 Å². The predicted octanol–water partition coefficient (Wildman–Crippen LogP) is 4.81. The van der Waals surface area contributed by atoms with E-state index in [1.54, 1.807) is 7.11 Å². The molecule has 112 valence electrons. The minimum atomic E-state index is 0.667. The van der Waals surface area contributed by atoms with Gasteiger partial charge in [-0.05, 0) is 47.5 Å². The van der Waals surface area contributed by atoms with Crippen LogP contribution >= 0.6 is 31.9 Å². The number of nitrogens with zero attached hydrogens (tertiary/aromatic N) is 2. The quantitative estimate of drug-likeness (QED) is 0.762. The second-order valence-electron chi connectivity index (χ2n) is 4.57. The average molecular weight is 415 g/mol. The zero-order valence-electron chi connectivity index (χ0n) is 12.2. The van der Waals surface area contributed by atoms with Gasteiger partial charge in [0, 0.05) is 16.6 Å². The molecule has 2 rings (SSSR count). The van der Waals surface area contributed by atoms with Crippen LogP contribution < -0.4 is 10.1 Å². The minimum Gasteiger partial charge on any atom is -0.497 e. The predicted molar refractivity (Wildman–Crippen MR) is 92.9 cm³/mol. The van der Waals surface area contributed by atoms with Gasteiger partial charge in [-0.3, -0.25) is 0 Å². The first-order valence-electron chi connectivity index (χ1n) is 6.68.